The van der Waals surface area contributed by atoms with Gasteiger partial charge in [0, 0.05) is 18.7 Å². The number of benzene rings is 2. The number of hydrogen-bond donors (Lipinski definition) is 2. The highest BCUT2D eigenvalue weighted by Gasteiger charge is 2.47. The van der Waals surface area contributed by atoms with Crippen molar-refractivity contribution in [2.45, 2.75) is 25.0 Å². The third kappa shape index (κ3) is 3.89. The molecular weight excluding hydrogens is 414 g/mol. The lowest BCUT2D eigenvalue weighted by atomic mass is 9.94. The fourth-order valence-electron chi connectivity index (χ4n) is 4.20. The largest absolute Gasteiger partial charge is 0.507 e. The minimum Gasteiger partial charge on any atom is -0.507 e. The fourth-order valence-corrected chi connectivity index (χ4v) is 4.20. The number of Topliss-reactive ketones (excluding diaryl/α,β-unsaturated/α-hetero) is 1. The van der Waals surface area contributed by atoms with E-state index in [1.165, 1.54) is 25.2 Å². The molecule has 2 heterocycles. The number of methoxy groups -OCH3 is 2. The first kappa shape index (κ1) is 21.7. The number of carbonyl (C=O) groups is 2. The summed E-state index contributed by atoms with van der Waals surface area (Å²) in [4.78, 5) is 27.5. The first-order valence-electron chi connectivity index (χ1n) is 10.4. The number of nitrogens with zero attached hydrogens (tertiary/aromatic N) is 1. The number of rotatable bonds is 6. The van der Waals surface area contributed by atoms with Gasteiger partial charge in [-0.1, -0.05) is 6.07 Å². The van der Waals surface area contributed by atoms with Gasteiger partial charge in [-0.25, -0.2) is 0 Å². The van der Waals surface area contributed by atoms with Gasteiger partial charge < -0.3 is 29.3 Å². The molecule has 1 amide bonds. The summed E-state index contributed by atoms with van der Waals surface area (Å²) in [5.74, 6) is -1.05. The van der Waals surface area contributed by atoms with E-state index in [-0.39, 0.29) is 35.5 Å². The Labute approximate surface area is 185 Å². The number of carbonyl (C=O) groups excluding carboxylic acids is 2. The number of hydrogen-bond acceptors (Lipinski definition) is 7. The van der Waals surface area contributed by atoms with Crippen LogP contribution in [0.3, 0.4) is 0 Å². The highest BCUT2D eigenvalue weighted by atomic mass is 16.5. The zero-order valence-electron chi connectivity index (χ0n) is 17.9. The maximum Gasteiger partial charge on any atom is 0.295 e. The van der Waals surface area contributed by atoms with E-state index in [1.807, 2.05) is 0 Å². The smallest absolute Gasteiger partial charge is 0.295 e. The minimum atomic E-state index is -0.877. The Morgan fingerprint density at radius 3 is 2.47 bits per heavy atom. The summed E-state index contributed by atoms with van der Waals surface area (Å²) in [6.45, 7) is 0.815. The van der Waals surface area contributed by atoms with E-state index in [2.05, 4.69) is 0 Å². The Bertz CT molecular complexity index is 1050. The van der Waals surface area contributed by atoms with Crippen molar-refractivity contribution >= 4 is 17.4 Å². The third-order valence-corrected chi connectivity index (χ3v) is 5.85. The molecule has 2 aliphatic rings. The van der Waals surface area contributed by atoms with Crippen molar-refractivity contribution in [3.8, 4) is 17.2 Å². The quantitative estimate of drug-likeness (QED) is 0.405. The van der Waals surface area contributed by atoms with Gasteiger partial charge >= 0.3 is 0 Å². The molecule has 4 rings (SSSR count). The number of likely N-dealkylation sites (tertiary alicyclic amines) is 1. The first-order chi connectivity index (χ1) is 15.4. The molecule has 0 aromatic heterocycles. The van der Waals surface area contributed by atoms with Crippen molar-refractivity contribution in [2.24, 2.45) is 0 Å². The van der Waals surface area contributed by atoms with Gasteiger partial charge in [-0.3, -0.25) is 9.59 Å². The van der Waals surface area contributed by atoms with Crippen LogP contribution in [-0.2, 0) is 14.3 Å². The number of phenolic OH excluding ortho intramolecular Hbond substituents is 1. The molecule has 0 radical (unpaired) electrons. The number of aliphatic hydroxyl groups is 1. The van der Waals surface area contributed by atoms with Gasteiger partial charge in [0.15, 0.2) is 11.5 Å². The average molecular weight is 439 g/mol. The Kier molecular flexibility index (Phi) is 6.05. The van der Waals surface area contributed by atoms with Crippen molar-refractivity contribution < 1.29 is 34.0 Å². The molecule has 2 unspecified atom stereocenters. The van der Waals surface area contributed by atoms with Crippen LogP contribution in [0.4, 0.5) is 0 Å². The van der Waals surface area contributed by atoms with Crippen LogP contribution in [0.5, 0.6) is 17.2 Å². The monoisotopic (exact) mass is 439 g/mol. The Hall–Kier alpha value is -3.52. The first-order valence-corrected chi connectivity index (χ1v) is 10.4. The predicted molar refractivity (Wildman–Crippen MR) is 116 cm³/mol. The number of ether oxygens (including phenoxy) is 3. The molecule has 32 heavy (non-hydrogen) atoms. The number of amides is 1. The van der Waals surface area contributed by atoms with E-state index < -0.39 is 17.7 Å². The Morgan fingerprint density at radius 2 is 1.88 bits per heavy atom. The lowest BCUT2D eigenvalue weighted by Gasteiger charge is -2.27. The highest BCUT2D eigenvalue weighted by Crippen LogP contribution is 2.42. The molecule has 2 aromatic carbocycles. The van der Waals surface area contributed by atoms with Crippen molar-refractivity contribution in [1.29, 1.82) is 0 Å². The molecule has 8 nitrogen and oxygen atoms in total. The summed E-state index contributed by atoms with van der Waals surface area (Å²) in [6, 6.07) is 10.3. The van der Waals surface area contributed by atoms with Crippen LogP contribution in [0.25, 0.3) is 5.76 Å². The molecule has 8 heteroatoms. The van der Waals surface area contributed by atoms with Crippen LogP contribution in [0.1, 0.15) is 30.0 Å². The standard InChI is InChI=1S/C24H25NO7/c1-30-16-8-5-14(6-9-16)22(27)20-21(15-7-10-19(31-2)18(26)12-15)25(24(29)23(20)28)13-17-4-3-11-32-17/h5-10,12,17,21,26-27H,3-4,11,13H2,1-2H3/b22-20-. The summed E-state index contributed by atoms with van der Waals surface area (Å²) in [7, 11) is 2.96. The molecule has 0 spiro atoms. The van der Waals surface area contributed by atoms with Gasteiger partial charge in [-0.2, -0.15) is 0 Å². The molecule has 2 atom stereocenters. The maximum atomic E-state index is 13.1. The average Bonchev–Trinajstić information content (AvgIpc) is 3.41. The van der Waals surface area contributed by atoms with Crippen molar-refractivity contribution in [2.75, 3.05) is 27.4 Å². The normalized spacial score (nSPS) is 22.4. The van der Waals surface area contributed by atoms with Crippen molar-refractivity contribution in [3.63, 3.8) is 0 Å². The van der Waals surface area contributed by atoms with Crippen LogP contribution in [0, 0.1) is 0 Å². The number of phenols is 1. The van der Waals surface area contributed by atoms with Crippen LogP contribution in [0.2, 0.25) is 0 Å². The molecule has 2 N–H and O–H groups in total. The molecular formula is C24H25NO7. The zero-order valence-corrected chi connectivity index (χ0v) is 17.9. The van der Waals surface area contributed by atoms with E-state index in [1.54, 1.807) is 36.4 Å². The molecule has 0 bridgehead atoms. The van der Waals surface area contributed by atoms with E-state index in [0.29, 0.717) is 23.5 Å². The summed E-state index contributed by atoms with van der Waals surface area (Å²) in [6.07, 6.45) is 1.47. The van der Waals surface area contributed by atoms with Gasteiger partial charge in [-0.15, -0.1) is 0 Å². The van der Waals surface area contributed by atoms with E-state index >= 15 is 0 Å². The van der Waals surface area contributed by atoms with Gasteiger partial charge in [0.25, 0.3) is 11.7 Å². The third-order valence-electron chi connectivity index (χ3n) is 5.85. The van der Waals surface area contributed by atoms with Gasteiger partial charge in [0.1, 0.15) is 11.5 Å². The van der Waals surface area contributed by atoms with Gasteiger partial charge in [0.2, 0.25) is 0 Å². The van der Waals surface area contributed by atoms with Crippen LogP contribution in [-0.4, -0.2) is 60.3 Å². The SMILES string of the molecule is COc1ccc(/C(O)=C2/C(=O)C(=O)N(CC3CCCO3)C2c2ccc(OC)c(O)c2)cc1. The molecule has 0 saturated carbocycles. The topological polar surface area (TPSA) is 106 Å². The van der Waals surface area contributed by atoms with Gasteiger partial charge in [-0.05, 0) is 54.8 Å². The van der Waals surface area contributed by atoms with E-state index in [9.17, 15) is 19.8 Å². The number of ketones is 1. The summed E-state index contributed by atoms with van der Waals surface area (Å²) in [5, 5.41) is 21.4. The van der Waals surface area contributed by atoms with Crippen molar-refractivity contribution in [1.82, 2.24) is 4.90 Å². The van der Waals surface area contributed by atoms with Crippen LogP contribution < -0.4 is 9.47 Å². The number of aromatic hydroxyl groups is 1. The minimum absolute atomic E-state index is 0.0391. The molecule has 2 saturated heterocycles. The maximum absolute atomic E-state index is 13.1. The number of aliphatic hydroxyl groups excluding tert-OH is 1. The molecule has 2 aromatic rings. The van der Waals surface area contributed by atoms with E-state index in [4.69, 9.17) is 14.2 Å². The second kappa shape index (κ2) is 8.92. The summed E-state index contributed by atoms with van der Waals surface area (Å²) < 4.78 is 15.9. The fraction of sp³-hybridized carbons (Fsp3) is 0.333. The van der Waals surface area contributed by atoms with Crippen molar-refractivity contribution in [3.05, 3.63) is 59.2 Å². The molecule has 2 fully saturated rings. The van der Waals surface area contributed by atoms with Crippen LogP contribution >= 0.6 is 0 Å². The summed E-state index contributed by atoms with van der Waals surface area (Å²) >= 11 is 0. The van der Waals surface area contributed by atoms with Gasteiger partial charge in [0.05, 0.1) is 31.9 Å². The predicted octanol–water partition coefficient (Wildman–Crippen LogP) is 3.01. The molecule has 0 aliphatic carbocycles. The van der Waals surface area contributed by atoms with Crippen LogP contribution in [0.15, 0.2) is 48.0 Å². The Balaban J connectivity index is 1.82. The lowest BCUT2D eigenvalue weighted by molar-refractivity contribution is -0.140. The van der Waals surface area contributed by atoms with E-state index in [0.717, 1.165) is 12.8 Å². The second-order valence-corrected chi connectivity index (χ2v) is 7.75. The molecule has 168 valence electrons. The molecule has 2 aliphatic heterocycles. The summed E-state index contributed by atoms with van der Waals surface area (Å²) in [5.41, 5.74) is 0.821. The Morgan fingerprint density at radius 1 is 1.12 bits per heavy atom. The zero-order chi connectivity index (χ0) is 22.8. The lowest BCUT2D eigenvalue weighted by Crippen LogP contribution is -2.36. The second-order valence-electron chi connectivity index (χ2n) is 7.75. The highest BCUT2D eigenvalue weighted by molar-refractivity contribution is 6.46.